The van der Waals surface area contributed by atoms with Gasteiger partial charge in [0.1, 0.15) is 0 Å². The van der Waals surface area contributed by atoms with E-state index in [9.17, 15) is 4.79 Å². The van der Waals surface area contributed by atoms with Gasteiger partial charge in [-0.15, -0.1) is 11.3 Å². The largest absolute Gasteiger partial charge is 0.386 e. The highest BCUT2D eigenvalue weighted by Gasteiger charge is 2.05. The Kier molecular flexibility index (Phi) is 6.31. The Morgan fingerprint density at radius 3 is 3.20 bits per heavy atom. The lowest BCUT2D eigenvalue weighted by Crippen LogP contribution is -2.28. The first-order valence-corrected chi connectivity index (χ1v) is 7.86. The summed E-state index contributed by atoms with van der Waals surface area (Å²) in [6.07, 6.45) is 9.81. The monoisotopic (exact) mass is 292 g/mol. The van der Waals surface area contributed by atoms with Gasteiger partial charge in [0.2, 0.25) is 0 Å². The van der Waals surface area contributed by atoms with Crippen LogP contribution in [0.1, 0.15) is 37.0 Å². The van der Waals surface area contributed by atoms with E-state index in [0.29, 0.717) is 6.54 Å². The average molecular weight is 292 g/mol. The Labute approximate surface area is 123 Å². The molecule has 0 radical (unpaired) electrons. The predicted octanol–water partition coefficient (Wildman–Crippen LogP) is 3.11. The van der Waals surface area contributed by atoms with Crippen LogP contribution in [0.15, 0.2) is 34.3 Å². The van der Waals surface area contributed by atoms with Gasteiger partial charge in [-0.05, 0) is 43.6 Å². The van der Waals surface area contributed by atoms with Gasteiger partial charge in [-0.3, -0.25) is 4.79 Å². The van der Waals surface area contributed by atoms with E-state index in [2.05, 4.69) is 16.5 Å². The summed E-state index contributed by atoms with van der Waals surface area (Å²) in [5, 5.41) is 8.58. The second-order valence-corrected chi connectivity index (χ2v) is 5.71. The van der Waals surface area contributed by atoms with Crippen LogP contribution in [0.3, 0.4) is 0 Å². The zero-order valence-corrected chi connectivity index (χ0v) is 12.3. The molecule has 1 aliphatic carbocycles. The molecular weight excluding hydrogens is 272 g/mol. The lowest BCUT2D eigenvalue weighted by Gasteiger charge is -2.12. The Morgan fingerprint density at radius 2 is 2.45 bits per heavy atom. The SMILES string of the molecule is O=C(CO/N=C/c1cccs1)NCCC1=CCCCC1. The molecule has 20 heavy (non-hydrogen) atoms. The number of hydrogen-bond donors (Lipinski definition) is 1. The van der Waals surface area contributed by atoms with Crippen LogP contribution in [0.2, 0.25) is 0 Å². The summed E-state index contributed by atoms with van der Waals surface area (Å²) in [5.74, 6) is -0.121. The van der Waals surface area contributed by atoms with Crippen molar-refractivity contribution in [3.63, 3.8) is 0 Å². The van der Waals surface area contributed by atoms with Crippen molar-refractivity contribution in [2.75, 3.05) is 13.2 Å². The fourth-order valence-electron chi connectivity index (χ4n) is 2.10. The molecule has 0 spiro atoms. The number of rotatable bonds is 7. The van der Waals surface area contributed by atoms with Gasteiger partial charge in [-0.25, -0.2) is 0 Å². The van der Waals surface area contributed by atoms with Crippen molar-refractivity contribution in [1.29, 1.82) is 0 Å². The van der Waals surface area contributed by atoms with Crippen molar-refractivity contribution >= 4 is 23.5 Å². The number of oxime groups is 1. The van der Waals surface area contributed by atoms with Gasteiger partial charge < -0.3 is 10.2 Å². The number of amides is 1. The van der Waals surface area contributed by atoms with E-state index in [1.165, 1.54) is 31.3 Å². The number of carbonyl (C=O) groups is 1. The van der Waals surface area contributed by atoms with E-state index in [0.717, 1.165) is 11.3 Å². The summed E-state index contributed by atoms with van der Waals surface area (Å²) in [4.78, 5) is 17.5. The second kappa shape index (κ2) is 8.53. The predicted molar refractivity (Wildman–Crippen MR) is 82.0 cm³/mol. The van der Waals surface area contributed by atoms with E-state index >= 15 is 0 Å². The average Bonchev–Trinajstić information content (AvgIpc) is 2.98. The molecule has 0 aliphatic heterocycles. The lowest BCUT2D eigenvalue weighted by molar-refractivity contribution is -0.125. The molecule has 108 valence electrons. The molecule has 0 fully saturated rings. The molecule has 4 nitrogen and oxygen atoms in total. The summed E-state index contributed by atoms with van der Waals surface area (Å²) in [5.41, 5.74) is 1.47. The van der Waals surface area contributed by atoms with Crippen LogP contribution in [0.4, 0.5) is 0 Å². The van der Waals surface area contributed by atoms with E-state index in [1.54, 1.807) is 17.6 Å². The third kappa shape index (κ3) is 5.57. The fraction of sp³-hybridized carbons (Fsp3) is 0.467. The van der Waals surface area contributed by atoms with Crippen LogP contribution >= 0.6 is 11.3 Å². The maximum Gasteiger partial charge on any atom is 0.260 e. The molecular formula is C15H20N2O2S. The van der Waals surface area contributed by atoms with Gasteiger partial charge in [0, 0.05) is 11.4 Å². The minimum absolute atomic E-state index is 0.0269. The molecule has 0 unspecified atom stereocenters. The van der Waals surface area contributed by atoms with Gasteiger partial charge in [-0.2, -0.15) is 0 Å². The van der Waals surface area contributed by atoms with Crippen LogP contribution in [-0.2, 0) is 9.63 Å². The topological polar surface area (TPSA) is 50.7 Å². The first-order valence-electron chi connectivity index (χ1n) is 6.98. The standard InChI is InChI=1S/C15H20N2O2S/c18-15(12-19-17-11-14-7-4-10-20-14)16-9-8-13-5-2-1-3-6-13/h4-5,7,10-11H,1-3,6,8-9,12H2,(H,16,18)/b17-11+. The van der Waals surface area contributed by atoms with Gasteiger partial charge in [-0.1, -0.05) is 22.9 Å². The number of nitrogens with one attached hydrogen (secondary N) is 1. The highest BCUT2D eigenvalue weighted by molar-refractivity contribution is 7.11. The molecule has 0 atom stereocenters. The minimum Gasteiger partial charge on any atom is -0.386 e. The molecule has 5 heteroatoms. The summed E-state index contributed by atoms with van der Waals surface area (Å²) in [7, 11) is 0. The number of thiophene rings is 1. The van der Waals surface area contributed by atoms with Crippen molar-refractivity contribution in [2.24, 2.45) is 5.16 Å². The Morgan fingerprint density at radius 1 is 1.50 bits per heavy atom. The lowest BCUT2D eigenvalue weighted by atomic mass is 9.97. The minimum atomic E-state index is -0.121. The molecule has 0 saturated carbocycles. The Balaban J connectivity index is 1.55. The highest BCUT2D eigenvalue weighted by atomic mass is 32.1. The van der Waals surface area contributed by atoms with E-state index in [-0.39, 0.29) is 12.5 Å². The molecule has 1 heterocycles. The molecule has 0 aromatic carbocycles. The van der Waals surface area contributed by atoms with Crippen molar-refractivity contribution < 1.29 is 9.63 Å². The molecule has 0 saturated heterocycles. The van der Waals surface area contributed by atoms with Crippen molar-refractivity contribution in [3.8, 4) is 0 Å². The van der Waals surface area contributed by atoms with Crippen molar-refractivity contribution in [1.82, 2.24) is 5.32 Å². The molecule has 2 rings (SSSR count). The molecule has 1 N–H and O–H groups in total. The number of allylic oxidation sites excluding steroid dienone is 1. The number of carbonyl (C=O) groups excluding carboxylic acids is 1. The third-order valence-electron chi connectivity index (χ3n) is 3.15. The van der Waals surface area contributed by atoms with Gasteiger partial charge >= 0.3 is 0 Å². The van der Waals surface area contributed by atoms with Crippen molar-refractivity contribution in [2.45, 2.75) is 32.1 Å². The zero-order valence-electron chi connectivity index (χ0n) is 11.5. The molecule has 1 aromatic heterocycles. The quantitative estimate of drug-likeness (QED) is 0.477. The number of nitrogens with zero attached hydrogens (tertiary/aromatic N) is 1. The fourth-order valence-corrected chi connectivity index (χ4v) is 2.67. The molecule has 1 aliphatic rings. The van der Waals surface area contributed by atoms with Crippen LogP contribution in [0.25, 0.3) is 0 Å². The summed E-state index contributed by atoms with van der Waals surface area (Å²) < 4.78 is 0. The zero-order chi connectivity index (χ0) is 14.0. The van der Waals surface area contributed by atoms with E-state index in [4.69, 9.17) is 4.84 Å². The molecule has 0 bridgehead atoms. The van der Waals surface area contributed by atoms with Crippen molar-refractivity contribution in [3.05, 3.63) is 34.0 Å². The smallest absolute Gasteiger partial charge is 0.260 e. The maximum atomic E-state index is 11.5. The highest BCUT2D eigenvalue weighted by Crippen LogP contribution is 2.19. The van der Waals surface area contributed by atoms with E-state index in [1.807, 2.05) is 17.5 Å². The first-order chi connectivity index (χ1) is 9.84. The maximum absolute atomic E-state index is 11.5. The summed E-state index contributed by atoms with van der Waals surface area (Å²) >= 11 is 1.58. The Bertz CT molecular complexity index is 466. The van der Waals surface area contributed by atoms with Crippen LogP contribution < -0.4 is 5.32 Å². The summed E-state index contributed by atoms with van der Waals surface area (Å²) in [6, 6.07) is 3.88. The normalized spacial score (nSPS) is 15.1. The molecule has 1 aromatic rings. The third-order valence-corrected chi connectivity index (χ3v) is 3.95. The van der Waals surface area contributed by atoms with Crippen LogP contribution in [-0.4, -0.2) is 25.3 Å². The van der Waals surface area contributed by atoms with E-state index < -0.39 is 0 Å². The Hall–Kier alpha value is -1.62. The van der Waals surface area contributed by atoms with Gasteiger partial charge in [0.05, 0.1) is 6.21 Å². The van der Waals surface area contributed by atoms with Gasteiger partial charge in [0.25, 0.3) is 5.91 Å². The van der Waals surface area contributed by atoms with Crippen LogP contribution in [0, 0.1) is 0 Å². The summed E-state index contributed by atoms with van der Waals surface area (Å²) in [6.45, 7) is 0.656. The second-order valence-electron chi connectivity index (χ2n) is 4.73. The number of hydrogen-bond acceptors (Lipinski definition) is 4. The molecule has 1 amide bonds. The first kappa shape index (κ1) is 14.8. The van der Waals surface area contributed by atoms with Gasteiger partial charge in [0.15, 0.2) is 6.61 Å². The van der Waals surface area contributed by atoms with Crippen LogP contribution in [0.5, 0.6) is 0 Å².